The summed E-state index contributed by atoms with van der Waals surface area (Å²) in [4.78, 5) is 12.0. The zero-order valence-electron chi connectivity index (χ0n) is 10.8. The van der Waals surface area contributed by atoms with Gasteiger partial charge in [-0.15, -0.1) is 0 Å². The number of carbonyl (C=O) groups is 1. The van der Waals surface area contributed by atoms with Crippen LogP contribution in [0.1, 0.15) is 42.4 Å². The topological polar surface area (TPSA) is 43.1 Å². The van der Waals surface area contributed by atoms with E-state index in [-0.39, 0.29) is 6.04 Å². The fraction of sp³-hybridized carbons (Fsp3) is 0.562. The Morgan fingerprint density at radius 2 is 2.06 bits per heavy atom. The third-order valence-electron chi connectivity index (χ3n) is 4.26. The minimum Gasteiger partial charge on any atom is -0.327 e. The summed E-state index contributed by atoms with van der Waals surface area (Å²) in [5.41, 5.74) is 10.1. The maximum atomic E-state index is 12.0. The van der Waals surface area contributed by atoms with E-state index in [2.05, 4.69) is 18.2 Å². The average molecular weight is 243 g/mol. The summed E-state index contributed by atoms with van der Waals surface area (Å²) in [6.45, 7) is 0. The van der Waals surface area contributed by atoms with Gasteiger partial charge in [0.05, 0.1) is 0 Å². The zero-order valence-corrected chi connectivity index (χ0v) is 10.8. The van der Waals surface area contributed by atoms with Crippen LogP contribution < -0.4 is 5.73 Å². The Morgan fingerprint density at radius 1 is 1.28 bits per heavy atom. The number of benzene rings is 1. The van der Waals surface area contributed by atoms with Gasteiger partial charge in [0, 0.05) is 18.9 Å². The van der Waals surface area contributed by atoms with Gasteiger partial charge in [0.1, 0.15) is 5.78 Å². The van der Waals surface area contributed by atoms with Gasteiger partial charge in [-0.1, -0.05) is 18.2 Å². The van der Waals surface area contributed by atoms with Crippen LogP contribution in [-0.4, -0.2) is 11.8 Å². The molecule has 1 unspecified atom stereocenters. The summed E-state index contributed by atoms with van der Waals surface area (Å²) < 4.78 is 0. The van der Waals surface area contributed by atoms with E-state index in [4.69, 9.17) is 5.73 Å². The van der Waals surface area contributed by atoms with Crippen LogP contribution in [0.2, 0.25) is 0 Å². The van der Waals surface area contributed by atoms with E-state index in [1.807, 2.05) is 0 Å². The number of fused-ring (bicyclic) bond motifs is 1. The number of aryl methyl sites for hydroxylation is 2. The normalized spacial score (nSPS) is 19.6. The van der Waals surface area contributed by atoms with Gasteiger partial charge in [0.2, 0.25) is 0 Å². The molecule has 0 spiro atoms. The Kier molecular flexibility index (Phi) is 3.21. The van der Waals surface area contributed by atoms with E-state index in [0.717, 1.165) is 0 Å². The van der Waals surface area contributed by atoms with Gasteiger partial charge in [-0.3, -0.25) is 4.79 Å². The number of Topliss-reactive ketones (excluding diaryl/α,β-unsaturated/α-hetero) is 1. The number of carbonyl (C=O) groups excluding carboxylic acids is 1. The minimum atomic E-state index is 0.104. The highest BCUT2D eigenvalue weighted by atomic mass is 16.1. The maximum absolute atomic E-state index is 12.0. The number of ketones is 1. The van der Waals surface area contributed by atoms with Gasteiger partial charge < -0.3 is 5.73 Å². The molecule has 1 fully saturated rings. The van der Waals surface area contributed by atoms with Crippen molar-refractivity contribution in [2.75, 3.05) is 0 Å². The molecule has 18 heavy (non-hydrogen) atoms. The van der Waals surface area contributed by atoms with Crippen molar-refractivity contribution in [3.05, 3.63) is 34.9 Å². The van der Waals surface area contributed by atoms with Gasteiger partial charge in [0.25, 0.3) is 0 Å². The van der Waals surface area contributed by atoms with Crippen molar-refractivity contribution in [1.82, 2.24) is 0 Å². The first-order chi connectivity index (χ1) is 8.72. The number of nitrogens with two attached hydrogens (primary N) is 1. The number of rotatable bonds is 5. The van der Waals surface area contributed by atoms with Crippen LogP contribution >= 0.6 is 0 Å². The van der Waals surface area contributed by atoms with E-state index in [1.165, 1.54) is 48.8 Å². The molecule has 96 valence electrons. The Balaban J connectivity index is 1.59. The first-order valence-corrected chi connectivity index (χ1v) is 7.10. The predicted molar refractivity (Wildman–Crippen MR) is 72.5 cm³/mol. The molecular formula is C16H21NO. The second-order valence-corrected chi connectivity index (χ2v) is 5.88. The van der Waals surface area contributed by atoms with Crippen LogP contribution in [0.5, 0.6) is 0 Å². The Bertz CT molecular complexity index is 462. The summed E-state index contributed by atoms with van der Waals surface area (Å²) in [6.07, 6.45) is 7.20. The van der Waals surface area contributed by atoms with Crippen LogP contribution in [0.15, 0.2) is 18.2 Å². The number of hydrogen-bond acceptors (Lipinski definition) is 2. The first-order valence-electron chi connectivity index (χ1n) is 7.10. The lowest BCUT2D eigenvalue weighted by molar-refractivity contribution is -0.118. The van der Waals surface area contributed by atoms with Crippen LogP contribution in [0.3, 0.4) is 0 Å². The molecule has 0 aromatic heterocycles. The van der Waals surface area contributed by atoms with Gasteiger partial charge in [0.15, 0.2) is 0 Å². The van der Waals surface area contributed by atoms with E-state index in [1.54, 1.807) is 0 Å². The standard InChI is InChI=1S/C16H21NO/c17-16(13-6-7-13)10-15(18)9-11-4-5-12-2-1-3-14(12)8-11/h4-5,8,13,16H,1-3,6-7,9-10,17H2. The molecule has 1 saturated carbocycles. The Hall–Kier alpha value is -1.15. The van der Waals surface area contributed by atoms with E-state index >= 15 is 0 Å². The molecule has 2 heteroatoms. The highest BCUT2D eigenvalue weighted by molar-refractivity contribution is 5.81. The van der Waals surface area contributed by atoms with Crippen molar-refractivity contribution in [3.63, 3.8) is 0 Å². The molecule has 3 rings (SSSR count). The molecule has 0 amide bonds. The van der Waals surface area contributed by atoms with Crippen molar-refractivity contribution in [3.8, 4) is 0 Å². The molecular weight excluding hydrogens is 222 g/mol. The lowest BCUT2D eigenvalue weighted by Gasteiger charge is -2.09. The lowest BCUT2D eigenvalue weighted by Crippen LogP contribution is -2.26. The smallest absolute Gasteiger partial charge is 0.138 e. The second kappa shape index (κ2) is 4.85. The summed E-state index contributed by atoms with van der Waals surface area (Å²) in [5.74, 6) is 0.918. The molecule has 0 bridgehead atoms. The monoisotopic (exact) mass is 243 g/mol. The maximum Gasteiger partial charge on any atom is 0.138 e. The largest absolute Gasteiger partial charge is 0.327 e. The van der Waals surface area contributed by atoms with Gasteiger partial charge in [-0.2, -0.15) is 0 Å². The van der Waals surface area contributed by atoms with Crippen LogP contribution in [-0.2, 0) is 24.1 Å². The molecule has 2 nitrogen and oxygen atoms in total. The van der Waals surface area contributed by atoms with E-state index in [0.29, 0.717) is 24.5 Å². The predicted octanol–water partition coefficient (Wildman–Crippen LogP) is 2.41. The van der Waals surface area contributed by atoms with Crippen molar-refractivity contribution in [2.45, 2.75) is 51.0 Å². The summed E-state index contributed by atoms with van der Waals surface area (Å²) in [7, 11) is 0. The molecule has 2 N–H and O–H groups in total. The van der Waals surface area contributed by atoms with Crippen molar-refractivity contribution in [1.29, 1.82) is 0 Å². The minimum absolute atomic E-state index is 0.104. The third kappa shape index (κ3) is 2.64. The molecule has 2 aliphatic rings. The molecule has 0 saturated heterocycles. The van der Waals surface area contributed by atoms with E-state index in [9.17, 15) is 4.79 Å². The zero-order chi connectivity index (χ0) is 12.5. The van der Waals surface area contributed by atoms with Crippen LogP contribution in [0.25, 0.3) is 0 Å². The van der Waals surface area contributed by atoms with Crippen molar-refractivity contribution < 1.29 is 4.79 Å². The van der Waals surface area contributed by atoms with Crippen LogP contribution in [0, 0.1) is 5.92 Å². The molecule has 1 aromatic rings. The van der Waals surface area contributed by atoms with Gasteiger partial charge >= 0.3 is 0 Å². The summed E-state index contributed by atoms with van der Waals surface area (Å²) in [5, 5.41) is 0. The van der Waals surface area contributed by atoms with Crippen molar-refractivity contribution in [2.24, 2.45) is 11.7 Å². The first kappa shape index (κ1) is 11.9. The fourth-order valence-corrected chi connectivity index (χ4v) is 2.99. The average Bonchev–Trinajstić information content (AvgIpc) is 3.08. The molecule has 0 aliphatic heterocycles. The van der Waals surface area contributed by atoms with Crippen molar-refractivity contribution >= 4 is 5.78 Å². The third-order valence-corrected chi connectivity index (χ3v) is 4.26. The second-order valence-electron chi connectivity index (χ2n) is 5.88. The summed E-state index contributed by atoms with van der Waals surface area (Å²) >= 11 is 0. The molecule has 1 atom stereocenters. The summed E-state index contributed by atoms with van der Waals surface area (Å²) in [6, 6.07) is 6.64. The molecule has 0 radical (unpaired) electrons. The van der Waals surface area contributed by atoms with E-state index < -0.39 is 0 Å². The lowest BCUT2D eigenvalue weighted by atomic mass is 9.99. The highest BCUT2D eigenvalue weighted by Crippen LogP contribution is 2.33. The number of hydrogen-bond donors (Lipinski definition) is 1. The SMILES string of the molecule is NC(CC(=O)Cc1ccc2c(c1)CCC2)C1CC1. The Labute approximate surface area is 109 Å². The van der Waals surface area contributed by atoms with Gasteiger partial charge in [-0.05, 0) is 54.7 Å². The highest BCUT2D eigenvalue weighted by Gasteiger charge is 2.29. The van der Waals surface area contributed by atoms with Gasteiger partial charge in [-0.25, -0.2) is 0 Å². The van der Waals surface area contributed by atoms with Crippen LogP contribution in [0.4, 0.5) is 0 Å². The molecule has 2 aliphatic carbocycles. The Morgan fingerprint density at radius 3 is 2.83 bits per heavy atom. The molecule has 0 heterocycles. The quantitative estimate of drug-likeness (QED) is 0.863. The fourth-order valence-electron chi connectivity index (χ4n) is 2.99. The molecule has 1 aromatic carbocycles.